The number of pyridine rings is 1. The van der Waals surface area contributed by atoms with E-state index in [1.807, 2.05) is 6.07 Å². The molecule has 2 N–H and O–H groups in total. The Morgan fingerprint density at radius 2 is 1.88 bits per heavy atom. The Morgan fingerprint density at radius 1 is 1.09 bits per heavy atom. The van der Waals surface area contributed by atoms with E-state index in [-0.39, 0.29) is 11.3 Å². The molecule has 2 aromatic heterocycles. The van der Waals surface area contributed by atoms with Crippen LogP contribution >= 0.6 is 0 Å². The van der Waals surface area contributed by atoms with Crippen LogP contribution in [-0.2, 0) is 10.9 Å². The van der Waals surface area contributed by atoms with Gasteiger partial charge < -0.3 is 20.4 Å². The summed E-state index contributed by atoms with van der Waals surface area (Å²) in [5.41, 5.74) is 2.93. The van der Waals surface area contributed by atoms with Gasteiger partial charge in [-0.25, -0.2) is 14.6 Å². The molecule has 2 aliphatic heterocycles. The third-order valence-corrected chi connectivity index (χ3v) is 5.67. The molecule has 1 saturated heterocycles. The molecule has 0 bridgehead atoms. The predicted octanol–water partition coefficient (Wildman–Crippen LogP) is 3.70. The lowest BCUT2D eigenvalue weighted by atomic mass is 9.99. The first-order valence-corrected chi connectivity index (χ1v) is 10.7. The number of hydrogen-bond acceptors (Lipinski definition) is 6. The minimum atomic E-state index is -4.50. The van der Waals surface area contributed by atoms with Crippen LogP contribution in [0.3, 0.4) is 0 Å². The number of nitrogens with zero attached hydrogens (tertiary/aromatic N) is 4. The molecule has 0 radical (unpaired) electrons. The summed E-state index contributed by atoms with van der Waals surface area (Å²) in [7, 11) is 0. The van der Waals surface area contributed by atoms with Crippen LogP contribution in [0.2, 0.25) is 0 Å². The first-order valence-electron chi connectivity index (χ1n) is 10.7. The first-order chi connectivity index (χ1) is 16.4. The SMILES string of the molecule is O=C(Nc1ccc(N2CCOCC2)nc1)c1cnc2n1NC(c1ccccc1C(F)(F)F)C=C2. The van der Waals surface area contributed by atoms with Gasteiger partial charge in [-0.05, 0) is 29.8 Å². The van der Waals surface area contributed by atoms with E-state index in [0.29, 0.717) is 24.7 Å². The molecule has 0 aliphatic carbocycles. The maximum atomic E-state index is 13.5. The summed E-state index contributed by atoms with van der Waals surface area (Å²) in [5, 5.41) is 2.77. The minimum Gasteiger partial charge on any atom is -0.378 e. The third kappa shape index (κ3) is 4.34. The normalized spacial score (nSPS) is 17.7. The van der Waals surface area contributed by atoms with Crippen LogP contribution in [0.25, 0.3) is 6.08 Å². The summed E-state index contributed by atoms with van der Waals surface area (Å²) in [6, 6.07) is 8.12. The number of fused-ring (bicyclic) bond motifs is 1. The molecule has 1 atom stereocenters. The monoisotopic (exact) mass is 470 g/mol. The standard InChI is InChI=1S/C23H21F3N6O2/c24-23(25,26)17-4-2-1-3-16(17)18-6-8-21-28-14-19(32(21)30-18)22(33)29-15-5-7-20(27-13-15)31-9-11-34-12-10-31/h1-8,13-14,18,30H,9-12H2,(H,29,33). The second-order valence-electron chi connectivity index (χ2n) is 7.85. The second kappa shape index (κ2) is 8.82. The minimum absolute atomic E-state index is 0.0554. The predicted molar refractivity (Wildman–Crippen MR) is 120 cm³/mol. The summed E-state index contributed by atoms with van der Waals surface area (Å²) in [6.07, 6.45) is 1.61. The molecule has 11 heteroatoms. The Balaban J connectivity index is 1.33. The lowest BCUT2D eigenvalue weighted by Crippen LogP contribution is -2.36. The molecule has 5 rings (SSSR count). The van der Waals surface area contributed by atoms with Gasteiger partial charge in [-0.1, -0.05) is 24.3 Å². The molecule has 4 heterocycles. The second-order valence-corrected chi connectivity index (χ2v) is 7.85. The van der Waals surface area contributed by atoms with E-state index in [2.05, 4.69) is 25.6 Å². The average Bonchev–Trinajstić information content (AvgIpc) is 3.28. The van der Waals surface area contributed by atoms with Crippen LogP contribution in [0.1, 0.15) is 33.5 Å². The van der Waals surface area contributed by atoms with Gasteiger partial charge in [0.2, 0.25) is 0 Å². The molecule has 0 spiro atoms. The van der Waals surface area contributed by atoms with E-state index in [0.717, 1.165) is 25.0 Å². The topological polar surface area (TPSA) is 84.3 Å². The molecule has 2 aliphatic rings. The van der Waals surface area contributed by atoms with Crippen molar-refractivity contribution in [2.45, 2.75) is 12.2 Å². The molecule has 0 saturated carbocycles. The van der Waals surface area contributed by atoms with E-state index >= 15 is 0 Å². The zero-order chi connectivity index (χ0) is 23.7. The Bertz CT molecular complexity index is 1220. The number of morpholine rings is 1. The number of hydrogen-bond donors (Lipinski definition) is 2. The van der Waals surface area contributed by atoms with Gasteiger partial charge in [-0.2, -0.15) is 13.2 Å². The Kier molecular flexibility index (Phi) is 5.70. The number of ether oxygens (including phenoxy) is 1. The number of amides is 1. The smallest absolute Gasteiger partial charge is 0.378 e. The summed E-state index contributed by atoms with van der Waals surface area (Å²) < 4.78 is 47.2. The van der Waals surface area contributed by atoms with Gasteiger partial charge in [0.05, 0.1) is 42.9 Å². The molecule has 1 fully saturated rings. The molecule has 8 nitrogen and oxygen atoms in total. The number of aromatic nitrogens is 3. The summed E-state index contributed by atoms with van der Waals surface area (Å²) in [5.74, 6) is 0.734. The van der Waals surface area contributed by atoms with Crippen LogP contribution in [0.5, 0.6) is 0 Å². The van der Waals surface area contributed by atoms with Crippen LogP contribution in [-0.4, -0.2) is 46.9 Å². The highest BCUT2D eigenvalue weighted by molar-refractivity contribution is 6.03. The number of benzene rings is 1. The Labute approximate surface area is 193 Å². The molecule has 1 unspecified atom stereocenters. The largest absolute Gasteiger partial charge is 0.416 e. The van der Waals surface area contributed by atoms with Gasteiger partial charge in [0, 0.05) is 13.1 Å². The van der Waals surface area contributed by atoms with Gasteiger partial charge in [-0.3, -0.25) is 4.79 Å². The van der Waals surface area contributed by atoms with Crippen molar-refractivity contribution in [3.05, 3.63) is 77.5 Å². The maximum absolute atomic E-state index is 13.5. The van der Waals surface area contributed by atoms with E-state index in [4.69, 9.17) is 4.74 Å². The lowest BCUT2D eigenvalue weighted by Gasteiger charge is -2.27. The molecular weight excluding hydrogens is 449 g/mol. The van der Waals surface area contributed by atoms with Gasteiger partial charge >= 0.3 is 6.18 Å². The molecule has 176 valence electrons. The van der Waals surface area contributed by atoms with Crippen molar-refractivity contribution in [2.75, 3.05) is 41.9 Å². The fraction of sp³-hybridized carbons (Fsp3) is 0.261. The fourth-order valence-corrected chi connectivity index (χ4v) is 3.98. The van der Waals surface area contributed by atoms with Gasteiger partial charge in [0.25, 0.3) is 5.91 Å². The third-order valence-electron chi connectivity index (χ3n) is 5.67. The number of carbonyl (C=O) groups excluding carboxylic acids is 1. The summed E-state index contributed by atoms with van der Waals surface area (Å²) in [4.78, 5) is 23.6. The van der Waals surface area contributed by atoms with E-state index in [9.17, 15) is 18.0 Å². The molecule has 34 heavy (non-hydrogen) atoms. The van der Waals surface area contributed by atoms with Gasteiger partial charge in [-0.15, -0.1) is 0 Å². The summed E-state index contributed by atoms with van der Waals surface area (Å²) >= 11 is 0. The van der Waals surface area contributed by atoms with Crippen molar-refractivity contribution in [1.29, 1.82) is 0 Å². The highest BCUT2D eigenvalue weighted by Crippen LogP contribution is 2.36. The van der Waals surface area contributed by atoms with E-state index < -0.39 is 23.7 Å². The maximum Gasteiger partial charge on any atom is 0.416 e. The highest BCUT2D eigenvalue weighted by atomic mass is 19.4. The average molecular weight is 470 g/mol. The van der Waals surface area contributed by atoms with E-state index in [1.54, 1.807) is 30.5 Å². The molecule has 3 aromatic rings. The van der Waals surface area contributed by atoms with Crippen molar-refractivity contribution >= 4 is 23.5 Å². The number of imidazole rings is 1. The van der Waals surface area contributed by atoms with Crippen LogP contribution < -0.4 is 15.6 Å². The Morgan fingerprint density at radius 3 is 2.62 bits per heavy atom. The molecular formula is C23H21F3N6O2. The van der Waals surface area contributed by atoms with Crippen molar-refractivity contribution < 1.29 is 22.7 Å². The number of rotatable bonds is 4. The number of nitrogens with one attached hydrogen (secondary N) is 2. The van der Waals surface area contributed by atoms with Crippen molar-refractivity contribution in [2.24, 2.45) is 0 Å². The number of carbonyl (C=O) groups is 1. The summed E-state index contributed by atoms with van der Waals surface area (Å²) in [6.45, 7) is 2.78. The number of alkyl halides is 3. The van der Waals surface area contributed by atoms with Gasteiger partial charge in [0.1, 0.15) is 11.5 Å². The van der Waals surface area contributed by atoms with Gasteiger partial charge in [0.15, 0.2) is 5.82 Å². The molecule has 1 aromatic carbocycles. The van der Waals surface area contributed by atoms with Crippen molar-refractivity contribution in [1.82, 2.24) is 14.6 Å². The highest BCUT2D eigenvalue weighted by Gasteiger charge is 2.35. The fourth-order valence-electron chi connectivity index (χ4n) is 3.98. The quantitative estimate of drug-likeness (QED) is 0.605. The van der Waals surface area contributed by atoms with Crippen molar-refractivity contribution in [3.63, 3.8) is 0 Å². The van der Waals surface area contributed by atoms with Crippen LogP contribution in [0.4, 0.5) is 24.7 Å². The van der Waals surface area contributed by atoms with Crippen molar-refractivity contribution in [3.8, 4) is 0 Å². The Hall–Kier alpha value is -3.86. The lowest BCUT2D eigenvalue weighted by molar-refractivity contribution is -0.138. The van der Waals surface area contributed by atoms with E-state index in [1.165, 1.54) is 23.0 Å². The number of halogens is 3. The zero-order valence-corrected chi connectivity index (χ0v) is 17.9. The number of anilines is 2. The van der Waals surface area contributed by atoms with Crippen LogP contribution in [0.15, 0.2) is 54.9 Å². The van der Waals surface area contributed by atoms with Crippen LogP contribution in [0, 0.1) is 0 Å². The first kappa shape index (κ1) is 22.0. The zero-order valence-electron chi connectivity index (χ0n) is 17.9. The molecule has 1 amide bonds.